The summed E-state index contributed by atoms with van der Waals surface area (Å²) in [6.45, 7) is 7.26. The predicted octanol–water partition coefficient (Wildman–Crippen LogP) is 1.76. The van der Waals surface area contributed by atoms with Gasteiger partial charge in [-0.3, -0.25) is 9.59 Å². The predicted molar refractivity (Wildman–Crippen MR) is 80.1 cm³/mol. The van der Waals surface area contributed by atoms with Crippen molar-refractivity contribution in [1.82, 2.24) is 10.3 Å². The van der Waals surface area contributed by atoms with Crippen LogP contribution >= 0.6 is 11.3 Å². The molecule has 8 heteroatoms. The molecule has 0 unspecified atom stereocenters. The summed E-state index contributed by atoms with van der Waals surface area (Å²) in [5, 5.41) is 15.0. The van der Waals surface area contributed by atoms with E-state index in [4.69, 9.17) is 5.11 Å². The van der Waals surface area contributed by atoms with Crippen molar-refractivity contribution >= 4 is 34.1 Å². The first-order chi connectivity index (χ1) is 9.60. The molecule has 21 heavy (non-hydrogen) atoms. The van der Waals surface area contributed by atoms with E-state index in [9.17, 15) is 14.4 Å². The Kier molecular flexibility index (Phi) is 5.42. The first-order valence-electron chi connectivity index (χ1n) is 6.40. The van der Waals surface area contributed by atoms with Crippen molar-refractivity contribution in [3.63, 3.8) is 0 Å². The molecular formula is C13H19N3O4S. The van der Waals surface area contributed by atoms with Crippen molar-refractivity contribution in [3.8, 4) is 0 Å². The SMILES string of the molecule is CC(=O)c1sc(NCCC(=O)NC(C)(C)C)nc1C(=O)O. The third-order valence-corrected chi connectivity index (χ3v) is 3.41. The summed E-state index contributed by atoms with van der Waals surface area (Å²) >= 11 is 0.976. The molecule has 0 saturated heterocycles. The summed E-state index contributed by atoms with van der Waals surface area (Å²) in [5.41, 5.74) is -0.551. The number of hydrogen-bond acceptors (Lipinski definition) is 6. The summed E-state index contributed by atoms with van der Waals surface area (Å²) in [6, 6.07) is 0. The van der Waals surface area contributed by atoms with Crippen LogP contribution in [0.5, 0.6) is 0 Å². The molecule has 7 nitrogen and oxygen atoms in total. The van der Waals surface area contributed by atoms with Crippen molar-refractivity contribution in [1.29, 1.82) is 0 Å². The molecule has 0 aliphatic carbocycles. The van der Waals surface area contributed by atoms with Crippen molar-refractivity contribution < 1.29 is 19.5 Å². The zero-order valence-corrected chi connectivity index (χ0v) is 13.3. The fraction of sp³-hybridized carbons (Fsp3) is 0.538. The first kappa shape index (κ1) is 17.1. The summed E-state index contributed by atoms with van der Waals surface area (Å²) in [5.74, 6) is -1.70. The van der Waals surface area contributed by atoms with Gasteiger partial charge in [0.05, 0.1) is 0 Å². The van der Waals surface area contributed by atoms with Crippen LogP contribution in [0.3, 0.4) is 0 Å². The van der Waals surface area contributed by atoms with E-state index >= 15 is 0 Å². The molecule has 1 rings (SSSR count). The van der Waals surface area contributed by atoms with Gasteiger partial charge in [-0.05, 0) is 20.8 Å². The number of anilines is 1. The van der Waals surface area contributed by atoms with Crippen molar-refractivity contribution in [2.45, 2.75) is 39.7 Å². The van der Waals surface area contributed by atoms with Gasteiger partial charge in [0.25, 0.3) is 0 Å². The topological polar surface area (TPSA) is 108 Å². The van der Waals surface area contributed by atoms with E-state index in [0.29, 0.717) is 11.7 Å². The van der Waals surface area contributed by atoms with E-state index in [1.165, 1.54) is 6.92 Å². The first-order valence-corrected chi connectivity index (χ1v) is 7.22. The third kappa shape index (κ3) is 5.50. The van der Waals surface area contributed by atoms with Gasteiger partial charge in [-0.1, -0.05) is 11.3 Å². The normalized spacial score (nSPS) is 11.0. The van der Waals surface area contributed by atoms with E-state index in [1.807, 2.05) is 20.8 Å². The Labute approximate surface area is 126 Å². The third-order valence-electron chi connectivity index (χ3n) is 2.29. The molecule has 1 amide bonds. The van der Waals surface area contributed by atoms with Crippen LogP contribution in [-0.4, -0.2) is 39.8 Å². The van der Waals surface area contributed by atoms with Crippen LogP contribution in [0, 0.1) is 0 Å². The van der Waals surface area contributed by atoms with Gasteiger partial charge in [0.2, 0.25) is 5.91 Å². The number of carbonyl (C=O) groups excluding carboxylic acids is 2. The van der Waals surface area contributed by atoms with Gasteiger partial charge < -0.3 is 15.7 Å². The Hall–Kier alpha value is -1.96. The average Bonchev–Trinajstić information content (AvgIpc) is 2.70. The number of carbonyl (C=O) groups is 3. The quantitative estimate of drug-likeness (QED) is 0.691. The molecule has 1 heterocycles. The lowest BCUT2D eigenvalue weighted by Crippen LogP contribution is -2.41. The van der Waals surface area contributed by atoms with Crippen LogP contribution in [0.2, 0.25) is 0 Å². The van der Waals surface area contributed by atoms with Gasteiger partial charge >= 0.3 is 5.97 Å². The standard InChI is InChI=1S/C13H19N3O4S/c1-7(17)10-9(11(19)20)15-12(21-10)14-6-5-8(18)16-13(2,3)4/h5-6H2,1-4H3,(H,14,15)(H,16,18)(H,19,20). The molecule has 0 aliphatic heterocycles. The number of carboxylic acids is 1. The molecule has 1 aromatic rings. The van der Waals surface area contributed by atoms with Crippen LogP contribution in [0.1, 0.15) is 54.3 Å². The second kappa shape index (κ2) is 6.66. The molecule has 0 aliphatic rings. The van der Waals surface area contributed by atoms with E-state index < -0.39 is 5.97 Å². The lowest BCUT2D eigenvalue weighted by atomic mass is 10.1. The zero-order valence-electron chi connectivity index (χ0n) is 12.4. The van der Waals surface area contributed by atoms with Gasteiger partial charge in [0.1, 0.15) is 4.88 Å². The fourth-order valence-electron chi connectivity index (χ4n) is 1.54. The number of aromatic nitrogens is 1. The molecule has 3 N–H and O–H groups in total. The fourth-order valence-corrected chi connectivity index (χ4v) is 2.42. The van der Waals surface area contributed by atoms with Crippen molar-refractivity contribution in [2.24, 2.45) is 0 Å². The highest BCUT2D eigenvalue weighted by Gasteiger charge is 2.20. The Morgan fingerprint density at radius 3 is 2.33 bits per heavy atom. The average molecular weight is 313 g/mol. The van der Waals surface area contributed by atoms with E-state index in [-0.39, 0.29) is 34.2 Å². The van der Waals surface area contributed by atoms with E-state index in [0.717, 1.165) is 11.3 Å². The minimum atomic E-state index is -1.24. The molecule has 0 atom stereocenters. The lowest BCUT2D eigenvalue weighted by molar-refractivity contribution is -0.122. The second-order valence-corrected chi connectivity index (χ2v) is 6.53. The molecular weight excluding hydrogens is 294 g/mol. The second-order valence-electron chi connectivity index (χ2n) is 5.53. The summed E-state index contributed by atoms with van der Waals surface area (Å²) in [4.78, 5) is 37.9. The number of carboxylic acid groups (broad SMARTS) is 1. The number of rotatable bonds is 6. The Morgan fingerprint density at radius 2 is 1.90 bits per heavy atom. The lowest BCUT2D eigenvalue weighted by Gasteiger charge is -2.20. The van der Waals surface area contributed by atoms with Gasteiger partial charge in [-0.25, -0.2) is 9.78 Å². The van der Waals surface area contributed by atoms with Crippen molar-refractivity contribution in [3.05, 3.63) is 10.6 Å². The van der Waals surface area contributed by atoms with Crippen LogP contribution in [0.25, 0.3) is 0 Å². The van der Waals surface area contributed by atoms with Gasteiger partial charge in [-0.15, -0.1) is 0 Å². The number of nitrogens with zero attached hydrogens (tertiary/aromatic N) is 1. The molecule has 0 aromatic carbocycles. The minimum Gasteiger partial charge on any atom is -0.476 e. The molecule has 0 spiro atoms. The number of Topliss-reactive ketones (excluding diaryl/α,β-unsaturated/α-hetero) is 1. The largest absolute Gasteiger partial charge is 0.476 e. The summed E-state index contributed by atoms with van der Waals surface area (Å²) in [6.07, 6.45) is 0.231. The highest BCUT2D eigenvalue weighted by atomic mass is 32.1. The number of hydrogen-bond donors (Lipinski definition) is 3. The monoisotopic (exact) mass is 313 g/mol. The van der Waals surface area contributed by atoms with Crippen LogP contribution in [0.15, 0.2) is 0 Å². The number of thiazole rings is 1. The molecule has 1 aromatic heterocycles. The summed E-state index contributed by atoms with van der Waals surface area (Å²) in [7, 11) is 0. The van der Waals surface area contributed by atoms with E-state index in [2.05, 4.69) is 15.6 Å². The number of amides is 1. The Morgan fingerprint density at radius 1 is 1.29 bits per heavy atom. The maximum absolute atomic E-state index is 11.6. The molecule has 116 valence electrons. The Bertz CT molecular complexity index is 529. The van der Waals surface area contributed by atoms with Gasteiger partial charge in [0, 0.05) is 25.4 Å². The maximum atomic E-state index is 11.6. The van der Waals surface area contributed by atoms with Crippen molar-refractivity contribution in [2.75, 3.05) is 11.9 Å². The maximum Gasteiger partial charge on any atom is 0.356 e. The number of aromatic carboxylic acids is 1. The van der Waals surface area contributed by atoms with Gasteiger partial charge in [0.15, 0.2) is 16.6 Å². The number of nitrogens with one attached hydrogen (secondary N) is 2. The molecule has 0 saturated carbocycles. The highest BCUT2D eigenvalue weighted by Crippen LogP contribution is 2.23. The smallest absolute Gasteiger partial charge is 0.356 e. The molecule has 0 radical (unpaired) electrons. The van der Waals surface area contributed by atoms with Gasteiger partial charge in [-0.2, -0.15) is 0 Å². The van der Waals surface area contributed by atoms with Crippen LogP contribution < -0.4 is 10.6 Å². The summed E-state index contributed by atoms with van der Waals surface area (Å²) < 4.78 is 0. The van der Waals surface area contributed by atoms with Crippen LogP contribution in [-0.2, 0) is 4.79 Å². The van der Waals surface area contributed by atoms with E-state index in [1.54, 1.807) is 0 Å². The Balaban J connectivity index is 2.61. The zero-order chi connectivity index (χ0) is 16.2. The highest BCUT2D eigenvalue weighted by molar-refractivity contribution is 7.17. The number of ketones is 1. The molecule has 0 bridgehead atoms. The van der Waals surface area contributed by atoms with Crippen LogP contribution in [0.4, 0.5) is 5.13 Å². The minimum absolute atomic E-state index is 0.101. The molecule has 0 fully saturated rings.